The van der Waals surface area contributed by atoms with E-state index in [4.69, 9.17) is 4.74 Å². The van der Waals surface area contributed by atoms with Gasteiger partial charge in [0.2, 0.25) is 0 Å². The van der Waals surface area contributed by atoms with Crippen molar-refractivity contribution in [3.05, 3.63) is 35.8 Å². The maximum absolute atomic E-state index is 5.08. The summed E-state index contributed by atoms with van der Waals surface area (Å²) in [5.41, 5.74) is 2.11. The molecule has 2 aromatic rings. The summed E-state index contributed by atoms with van der Waals surface area (Å²) in [5.74, 6) is 1.64. The molecule has 0 bridgehead atoms. The van der Waals surface area contributed by atoms with Crippen molar-refractivity contribution in [3.8, 4) is 6.01 Å². The summed E-state index contributed by atoms with van der Waals surface area (Å²) in [6.45, 7) is 2.72. The Labute approximate surface area is 141 Å². The lowest BCUT2D eigenvalue weighted by Crippen LogP contribution is -2.58. The molecular formula is C17H22N6O. The number of hydrogen-bond acceptors (Lipinski definition) is 7. The van der Waals surface area contributed by atoms with Crippen LogP contribution in [-0.4, -0.2) is 58.4 Å². The summed E-state index contributed by atoms with van der Waals surface area (Å²) in [6, 6.07) is 7.08. The van der Waals surface area contributed by atoms with Crippen molar-refractivity contribution in [3.63, 3.8) is 0 Å². The van der Waals surface area contributed by atoms with Crippen LogP contribution in [0.1, 0.15) is 30.1 Å². The first-order chi connectivity index (χ1) is 11.7. The Kier molecular flexibility index (Phi) is 4.02. The zero-order valence-corrected chi connectivity index (χ0v) is 14.1. The molecule has 0 spiro atoms. The highest BCUT2D eigenvalue weighted by molar-refractivity contribution is 5.42. The predicted molar refractivity (Wildman–Crippen MR) is 90.1 cm³/mol. The molecule has 3 heterocycles. The van der Waals surface area contributed by atoms with Crippen LogP contribution in [-0.2, 0) is 6.54 Å². The first-order valence-corrected chi connectivity index (χ1v) is 8.37. The fraction of sp³-hybridized carbons (Fsp3) is 0.529. The molecule has 7 nitrogen and oxygen atoms in total. The predicted octanol–water partition coefficient (Wildman–Crippen LogP) is 1.47. The summed E-state index contributed by atoms with van der Waals surface area (Å²) < 4.78 is 5.08. The van der Waals surface area contributed by atoms with Gasteiger partial charge in [0.05, 0.1) is 18.5 Å². The Balaban J connectivity index is 1.31. The van der Waals surface area contributed by atoms with E-state index in [1.807, 2.05) is 6.07 Å². The summed E-state index contributed by atoms with van der Waals surface area (Å²) in [6.07, 6.45) is 4.26. The highest BCUT2D eigenvalue weighted by Crippen LogP contribution is 2.38. The summed E-state index contributed by atoms with van der Waals surface area (Å²) in [4.78, 5) is 13.0. The van der Waals surface area contributed by atoms with Crippen LogP contribution in [0, 0.1) is 0 Å². The number of rotatable bonds is 6. The monoisotopic (exact) mass is 326 g/mol. The second kappa shape index (κ2) is 6.32. The fourth-order valence-corrected chi connectivity index (χ4v) is 2.97. The highest BCUT2D eigenvalue weighted by Gasteiger charge is 2.32. The first-order valence-electron chi connectivity index (χ1n) is 8.37. The standard InChI is InChI=1S/C17H22N6O/c1-22(9-13-7-8-18-17(19-13)24-2)14-10-23(11-14)16-6-5-15(20-21-16)12-3-4-12/h5-8,12,14H,3-4,9-11H2,1-2H3. The van der Waals surface area contributed by atoms with Gasteiger partial charge in [-0.15, -0.1) is 5.10 Å². The second-order valence-corrected chi connectivity index (χ2v) is 6.60. The van der Waals surface area contributed by atoms with Gasteiger partial charge in [0.25, 0.3) is 0 Å². The van der Waals surface area contributed by atoms with Gasteiger partial charge in [-0.2, -0.15) is 10.1 Å². The summed E-state index contributed by atoms with van der Waals surface area (Å²) in [5, 5.41) is 8.75. The van der Waals surface area contributed by atoms with Crippen molar-refractivity contribution in [2.75, 3.05) is 32.1 Å². The third-order valence-corrected chi connectivity index (χ3v) is 4.76. The Hall–Kier alpha value is -2.28. The van der Waals surface area contributed by atoms with Crippen LogP contribution in [0.5, 0.6) is 6.01 Å². The number of likely N-dealkylation sites (N-methyl/N-ethyl adjacent to an activating group) is 1. The van der Waals surface area contributed by atoms with Crippen LogP contribution in [0.4, 0.5) is 5.82 Å². The molecule has 2 aliphatic rings. The number of anilines is 1. The van der Waals surface area contributed by atoms with Crippen LogP contribution in [0.15, 0.2) is 24.4 Å². The van der Waals surface area contributed by atoms with E-state index in [9.17, 15) is 0 Å². The normalized spacial score (nSPS) is 17.9. The van der Waals surface area contributed by atoms with Crippen molar-refractivity contribution >= 4 is 5.82 Å². The van der Waals surface area contributed by atoms with Gasteiger partial charge in [-0.3, -0.25) is 4.90 Å². The molecule has 0 radical (unpaired) electrons. The van der Waals surface area contributed by atoms with Gasteiger partial charge in [-0.25, -0.2) is 4.98 Å². The summed E-state index contributed by atoms with van der Waals surface area (Å²) in [7, 11) is 3.71. The van der Waals surface area contributed by atoms with Crippen molar-refractivity contribution in [2.45, 2.75) is 31.3 Å². The summed E-state index contributed by atoms with van der Waals surface area (Å²) >= 11 is 0. The van der Waals surface area contributed by atoms with E-state index in [0.717, 1.165) is 36.8 Å². The Morgan fingerprint density at radius 3 is 2.71 bits per heavy atom. The molecule has 2 fully saturated rings. The third-order valence-electron chi connectivity index (χ3n) is 4.76. The molecule has 0 aromatic carbocycles. The van der Waals surface area contributed by atoms with Crippen LogP contribution in [0.3, 0.4) is 0 Å². The quantitative estimate of drug-likeness (QED) is 0.796. The Morgan fingerprint density at radius 2 is 2.04 bits per heavy atom. The molecule has 1 aliphatic carbocycles. The minimum Gasteiger partial charge on any atom is -0.467 e. The fourth-order valence-electron chi connectivity index (χ4n) is 2.97. The number of nitrogens with zero attached hydrogens (tertiary/aromatic N) is 6. The molecule has 1 aliphatic heterocycles. The van der Waals surface area contributed by atoms with Crippen LogP contribution < -0.4 is 9.64 Å². The van der Waals surface area contributed by atoms with E-state index in [1.54, 1.807) is 13.3 Å². The number of ether oxygens (including phenoxy) is 1. The highest BCUT2D eigenvalue weighted by atomic mass is 16.5. The lowest BCUT2D eigenvalue weighted by molar-refractivity contribution is 0.194. The van der Waals surface area contributed by atoms with E-state index in [-0.39, 0.29) is 0 Å². The molecule has 2 aromatic heterocycles. The SMILES string of the molecule is COc1nccc(CN(C)C2CN(c3ccc(C4CC4)nn3)C2)n1. The van der Waals surface area contributed by atoms with Crippen molar-refractivity contribution in [1.82, 2.24) is 25.1 Å². The molecule has 0 unspecified atom stereocenters. The molecule has 1 saturated carbocycles. The number of hydrogen-bond donors (Lipinski definition) is 0. The zero-order chi connectivity index (χ0) is 16.5. The van der Waals surface area contributed by atoms with E-state index in [2.05, 4.69) is 49.1 Å². The minimum absolute atomic E-state index is 0.419. The van der Waals surface area contributed by atoms with E-state index in [0.29, 0.717) is 18.0 Å². The van der Waals surface area contributed by atoms with E-state index in [1.165, 1.54) is 12.8 Å². The topological polar surface area (TPSA) is 67.3 Å². The number of methoxy groups -OCH3 is 1. The van der Waals surface area contributed by atoms with E-state index < -0.39 is 0 Å². The van der Waals surface area contributed by atoms with Gasteiger partial charge in [0, 0.05) is 37.8 Å². The van der Waals surface area contributed by atoms with Crippen LogP contribution in [0.25, 0.3) is 0 Å². The van der Waals surface area contributed by atoms with Crippen molar-refractivity contribution in [2.24, 2.45) is 0 Å². The minimum atomic E-state index is 0.419. The van der Waals surface area contributed by atoms with Crippen molar-refractivity contribution < 1.29 is 4.74 Å². The molecule has 0 amide bonds. The molecule has 24 heavy (non-hydrogen) atoms. The Morgan fingerprint density at radius 1 is 1.21 bits per heavy atom. The first kappa shape index (κ1) is 15.3. The molecule has 126 valence electrons. The van der Waals surface area contributed by atoms with Gasteiger partial charge in [0.1, 0.15) is 0 Å². The molecular weight excluding hydrogens is 304 g/mol. The molecule has 1 saturated heterocycles. The van der Waals surface area contributed by atoms with Crippen LogP contribution in [0.2, 0.25) is 0 Å². The maximum Gasteiger partial charge on any atom is 0.316 e. The average molecular weight is 326 g/mol. The van der Waals surface area contributed by atoms with Gasteiger partial charge >= 0.3 is 6.01 Å². The van der Waals surface area contributed by atoms with Gasteiger partial charge in [0.15, 0.2) is 5.82 Å². The van der Waals surface area contributed by atoms with Crippen molar-refractivity contribution in [1.29, 1.82) is 0 Å². The Bertz CT molecular complexity index is 696. The average Bonchev–Trinajstić information content (AvgIpc) is 3.39. The smallest absolute Gasteiger partial charge is 0.316 e. The number of aromatic nitrogens is 4. The molecule has 7 heteroatoms. The third kappa shape index (κ3) is 3.17. The van der Waals surface area contributed by atoms with Crippen LogP contribution >= 0.6 is 0 Å². The molecule has 4 rings (SSSR count). The molecule has 0 atom stereocenters. The van der Waals surface area contributed by atoms with Gasteiger partial charge < -0.3 is 9.64 Å². The van der Waals surface area contributed by atoms with Gasteiger partial charge in [-0.1, -0.05) is 0 Å². The molecule has 0 N–H and O–H groups in total. The second-order valence-electron chi connectivity index (χ2n) is 6.60. The largest absolute Gasteiger partial charge is 0.467 e. The lowest BCUT2D eigenvalue weighted by Gasteiger charge is -2.44. The zero-order valence-electron chi connectivity index (χ0n) is 14.1. The lowest BCUT2D eigenvalue weighted by atomic mass is 10.1. The van der Waals surface area contributed by atoms with Gasteiger partial charge in [-0.05, 0) is 38.1 Å². The van der Waals surface area contributed by atoms with E-state index >= 15 is 0 Å². The maximum atomic E-state index is 5.08.